The Morgan fingerprint density at radius 1 is 0.455 bits per heavy atom. The Morgan fingerprint density at radius 2 is 0.836 bits per heavy atom. The average molecular weight is 732 g/mol. The van der Waals surface area contributed by atoms with Gasteiger partial charge in [0.25, 0.3) is 0 Å². The van der Waals surface area contributed by atoms with Crippen molar-refractivity contribution in [2.45, 2.75) is 20.8 Å². The third-order valence-electron chi connectivity index (χ3n) is 7.67. The van der Waals surface area contributed by atoms with Gasteiger partial charge in [-0.25, -0.2) is 14.4 Å². The van der Waals surface area contributed by atoms with Gasteiger partial charge in [0.1, 0.15) is 0 Å². The summed E-state index contributed by atoms with van der Waals surface area (Å²) in [6.07, 6.45) is 11.4. The molecule has 0 aliphatic rings. The SMILES string of the molecule is COC(=O)c1cccc(C=Cc2cccc(C)n2)c1.Cc1cccc(C=Cc2ccc(C(=O)O)cc2)n1.Cc1cccc(C=Cc2cccc(C(=O)O)c2)n1. The Bertz CT molecular complexity index is 2330. The molecule has 9 heteroatoms. The number of carboxylic acids is 2. The van der Waals surface area contributed by atoms with E-state index >= 15 is 0 Å². The second kappa shape index (κ2) is 20.7. The highest BCUT2D eigenvalue weighted by Gasteiger charge is 2.05. The number of esters is 1. The Labute approximate surface area is 320 Å². The number of hydrogen-bond donors (Lipinski definition) is 2. The van der Waals surface area contributed by atoms with Crippen LogP contribution >= 0.6 is 0 Å². The van der Waals surface area contributed by atoms with E-state index in [-0.39, 0.29) is 11.5 Å². The number of methoxy groups -OCH3 is 1. The second-order valence-corrected chi connectivity index (χ2v) is 12.1. The number of carbonyl (C=O) groups excluding carboxylic acids is 1. The van der Waals surface area contributed by atoms with Gasteiger partial charge in [0.05, 0.1) is 40.9 Å². The molecule has 0 saturated heterocycles. The molecule has 0 radical (unpaired) electrons. The van der Waals surface area contributed by atoms with Gasteiger partial charge in [-0.3, -0.25) is 15.0 Å². The largest absolute Gasteiger partial charge is 0.478 e. The molecule has 9 nitrogen and oxygen atoms in total. The molecule has 276 valence electrons. The Hall–Kier alpha value is -7.26. The molecule has 0 atom stereocenters. The lowest BCUT2D eigenvalue weighted by molar-refractivity contribution is 0.0599. The maximum Gasteiger partial charge on any atom is 0.337 e. The topological polar surface area (TPSA) is 140 Å². The molecule has 0 bridgehead atoms. The zero-order valence-electron chi connectivity index (χ0n) is 31.0. The molecule has 0 amide bonds. The van der Waals surface area contributed by atoms with E-state index in [0.717, 1.165) is 50.9 Å². The highest BCUT2D eigenvalue weighted by atomic mass is 16.5. The van der Waals surface area contributed by atoms with Crippen LogP contribution < -0.4 is 0 Å². The van der Waals surface area contributed by atoms with Crippen molar-refractivity contribution in [2.24, 2.45) is 0 Å². The summed E-state index contributed by atoms with van der Waals surface area (Å²) >= 11 is 0. The number of hydrogen-bond acceptors (Lipinski definition) is 7. The van der Waals surface area contributed by atoms with Crippen LogP contribution in [0.25, 0.3) is 36.5 Å². The van der Waals surface area contributed by atoms with E-state index < -0.39 is 11.9 Å². The number of ether oxygens (including phenoxy) is 1. The van der Waals surface area contributed by atoms with E-state index in [1.54, 1.807) is 54.6 Å². The molecule has 3 aromatic carbocycles. The van der Waals surface area contributed by atoms with Gasteiger partial charge in [-0.2, -0.15) is 0 Å². The van der Waals surface area contributed by atoms with Crippen LogP contribution in [0.1, 0.15) is 81.9 Å². The predicted molar refractivity (Wildman–Crippen MR) is 218 cm³/mol. The van der Waals surface area contributed by atoms with Crippen molar-refractivity contribution in [3.63, 3.8) is 0 Å². The normalized spacial score (nSPS) is 10.7. The first-order valence-corrected chi connectivity index (χ1v) is 17.2. The number of carboxylic acid groups (broad SMARTS) is 2. The summed E-state index contributed by atoms with van der Waals surface area (Å²) in [5.74, 6) is -2.16. The summed E-state index contributed by atoms with van der Waals surface area (Å²) < 4.78 is 4.69. The fraction of sp³-hybridized carbons (Fsp3) is 0.0870. The van der Waals surface area contributed by atoms with Crippen LogP contribution in [0, 0.1) is 20.8 Å². The van der Waals surface area contributed by atoms with Gasteiger partial charge >= 0.3 is 17.9 Å². The number of aryl methyl sites for hydroxylation is 3. The minimum absolute atomic E-state index is 0.286. The molecule has 6 aromatic rings. The molecule has 0 aliphatic carbocycles. The monoisotopic (exact) mass is 731 g/mol. The Morgan fingerprint density at radius 3 is 1.24 bits per heavy atom. The third kappa shape index (κ3) is 14.0. The smallest absolute Gasteiger partial charge is 0.337 e. The minimum Gasteiger partial charge on any atom is -0.478 e. The molecule has 0 aliphatic heterocycles. The first-order valence-electron chi connectivity index (χ1n) is 17.2. The third-order valence-corrected chi connectivity index (χ3v) is 7.67. The molecule has 3 aromatic heterocycles. The number of aromatic carboxylic acids is 2. The fourth-order valence-electron chi connectivity index (χ4n) is 4.92. The van der Waals surface area contributed by atoms with Crippen molar-refractivity contribution in [3.05, 3.63) is 195 Å². The van der Waals surface area contributed by atoms with Crippen molar-refractivity contribution in [1.82, 2.24) is 15.0 Å². The zero-order valence-corrected chi connectivity index (χ0v) is 31.0. The molecular weight excluding hydrogens is 691 g/mol. The van der Waals surface area contributed by atoms with Crippen LogP contribution in [0.5, 0.6) is 0 Å². The Balaban J connectivity index is 0.000000184. The molecule has 0 fully saturated rings. The lowest BCUT2D eigenvalue weighted by Crippen LogP contribution is -2.00. The Kier molecular flexibility index (Phi) is 15.2. The predicted octanol–water partition coefficient (Wildman–Crippen LogP) is 9.86. The molecule has 0 saturated carbocycles. The summed E-state index contributed by atoms with van der Waals surface area (Å²) in [5, 5.41) is 17.7. The number of aromatic nitrogens is 3. The average Bonchev–Trinajstić information content (AvgIpc) is 3.19. The van der Waals surface area contributed by atoms with Crippen LogP contribution in [-0.2, 0) is 4.74 Å². The van der Waals surface area contributed by atoms with Crippen molar-refractivity contribution in [3.8, 4) is 0 Å². The molecule has 2 N–H and O–H groups in total. The van der Waals surface area contributed by atoms with Gasteiger partial charge in [0.15, 0.2) is 0 Å². The summed E-state index contributed by atoms with van der Waals surface area (Å²) in [6.45, 7) is 5.83. The quantitative estimate of drug-likeness (QED) is 0.139. The molecule has 55 heavy (non-hydrogen) atoms. The van der Waals surface area contributed by atoms with E-state index in [1.165, 1.54) is 7.11 Å². The van der Waals surface area contributed by atoms with Gasteiger partial charge in [0.2, 0.25) is 0 Å². The van der Waals surface area contributed by atoms with Crippen LogP contribution in [0.3, 0.4) is 0 Å². The molecule has 0 unspecified atom stereocenters. The molecule has 3 heterocycles. The molecule has 0 spiro atoms. The highest BCUT2D eigenvalue weighted by molar-refractivity contribution is 5.90. The number of pyridine rings is 3. The number of carbonyl (C=O) groups is 3. The lowest BCUT2D eigenvalue weighted by atomic mass is 10.1. The summed E-state index contributed by atoms with van der Waals surface area (Å²) in [4.78, 5) is 46.0. The van der Waals surface area contributed by atoms with Gasteiger partial charge in [-0.1, -0.05) is 72.8 Å². The van der Waals surface area contributed by atoms with E-state index in [2.05, 4.69) is 15.0 Å². The lowest BCUT2D eigenvalue weighted by Gasteiger charge is -2.00. The van der Waals surface area contributed by atoms with E-state index in [0.29, 0.717) is 11.1 Å². The summed E-state index contributed by atoms with van der Waals surface area (Å²) in [6, 6.07) is 38.3. The van der Waals surface area contributed by atoms with Gasteiger partial charge in [-0.05, 0) is 128 Å². The second-order valence-electron chi connectivity index (χ2n) is 12.1. The van der Waals surface area contributed by atoms with E-state index in [9.17, 15) is 14.4 Å². The maximum absolute atomic E-state index is 11.4. The van der Waals surface area contributed by atoms with Gasteiger partial charge in [-0.15, -0.1) is 0 Å². The number of rotatable bonds is 9. The highest BCUT2D eigenvalue weighted by Crippen LogP contribution is 2.13. The van der Waals surface area contributed by atoms with Crippen LogP contribution in [0.2, 0.25) is 0 Å². The molecular formula is C46H41N3O6. The van der Waals surface area contributed by atoms with Crippen LogP contribution in [0.15, 0.2) is 127 Å². The standard InChI is InChI=1S/C16H15NO2.2C15H13NO2/c1-12-5-3-8-15(17-12)10-9-13-6-4-7-14(11-13)16(18)19-2;1-11-4-2-7-14(16-11)9-8-12-5-3-6-13(10-12)15(17)18;1-11-3-2-4-14(16-11)10-7-12-5-8-13(9-6-12)15(17)18/h3-11H,1-2H3;2*2-10H,1H3,(H,17,18). The van der Waals surface area contributed by atoms with Crippen molar-refractivity contribution >= 4 is 54.4 Å². The first kappa shape index (κ1) is 40.5. The maximum atomic E-state index is 11.4. The van der Waals surface area contributed by atoms with E-state index in [4.69, 9.17) is 14.9 Å². The summed E-state index contributed by atoms with van der Waals surface area (Å²) in [7, 11) is 1.38. The van der Waals surface area contributed by atoms with Gasteiger partial charge < -0.3 is 14.9 Å². The summed E-state index contributed by atoms with van der Waals surface area (Å²) in [5.41, 5.74) is 9.39. The van der Waals surface area contributed by atoms with Crippen molar-refractivity contribution in [1.29, 1.82) is 0 Å². The minimum atomic E-state index is -0.918. The number of benzene rings is 3. The van der Waals surface area contributed by atoms with E-state index in [1.807, 2.05) is 130 Å². The van der Waals surface area contributed by atoms with Crippen molar-refractivity contribution in [2.75, 3.05) is 7.11 Å². The first-order chi connectivity index (χ1) is 26.5. The van der Waals surface area contributed by atoms with Crippen LogP contribution in [0.4, 0.5) is 0 Å². The number of nitrogens with zero attached hydrogens (tertiary/aromatic N) is 3. The zero-order chi connectivity index (χ0) is 39.6. The molecule has 6 rings (SSSR count). The van der Waals surface area contributed by atoms with Crippen molar-refractivity contribution < 1.29 is 29.3 Å². The fourth-order valence-corrected chi connectivity index (χ4v) is 4.92. The van der Waals surface area contributed by atoms with Crippen LogP contribution in [-0.4, -0.2) is 50.2 Å². The van der Waals surface area contributed by atoms with Gasteiger partial charge in [0, 0.05) is 17.1 Å².